The molecule has 1 rings (SSSR count). The van der Waals surface area contributed by atoms with Gasteiger partial charge in [0.25, 0.3) is 0 Å². The highest BCUT2D eigenvalue weighted by Crippen LogP contribution is 2.48. The number of Topliss-reactive ketones (excluding diaryl/α,β-unsaturated/α-hetero) is 1. The van der Waals surface area contributed by atoms with Crippen molar-refractivity contribution in [2.45, 2.75) is 32.0 Å². The summed E-state index contributed by atoms with van der Waals surface area (Å²) in [6.07, 6.45) is 0. The van der Waals surface area contributed by atoms with E-state index >= 15 is 0 Å². The number of hydrogen-bond acceptors (Lipinski definition) is 4. The lowest BCUT2D eigenvalue weighted by molar-refractivity contribution is -0.184. The topological polar surface area (TPSA) is 94.8 Å². The second kappa shape index (κ2) is 3.40. The Hall–Kier alpha value is -1.20. The molecule has 0 radical (unpaired) electrons. The Balaban J connectivity index is 3.46. The first-order chi connectivity index (χ1) is 7.08. The van der Waals surface area contributed by atoms with Crippen LogP contribution in [-0.4, -0.2) is 38.3 Å². The second-order valence-corrected chi connectivity index (χ2v) is 4.68. The maximum atomic E-state index is 11.7. The van der Waals surface area contributed by atoms with Gasteiger partial charge in [0.1, 0.15) is 11.5 Å². The number of aliphatic carboxylic acids is 1. The van der Waals surface area contributed by atoms with Crippen molar-refractivity contribution >= 4 is 11.8 Å². The molecule has 16 heavy (non-hydrogen) atoms. The molecule has 3 unspecified atom stereocenters. The fourth-order valence-corrected chi connectivity index (χ4v) is 2.41. The molecule has 3 atom stereocenters. The van der Waals surface area contributed by atoms with E-state index in [9.17, 15) is 19.8 Å². The molecule has 0 saturated heterocycles. The van der Waals surface area contributed by atoms with Crippen LogP contribution in [-0.2, 0) is 9.59 Å². The summed E-state index contributed by atoms with van der Waals surface area (Å²) in [5.74, 6) is -4.22. The number of ketones is 1. The number of carboxylic acid groups (broad SMARTS) is 1. The predicted molar refractivity (Wildman–Crippen MR) is 55.7 cm³/mol. The molecule has 0 amide bonds. The first kappa shape index (κ1) is 12.9. The van der Waals surface area contributed by atoms with Crippen LogP contribution in [0.4, 0.5) is 0 Å². The van der Waals surface area contributed by atoms with Crippen molar-refractivity contribution in [3.8, 4) is 0 Å². The maximum Gasteiger partial charge on any atom is 0.314 e. The van der Waals surface area contributed by atoms with E-state index in [4.69, 9.17) is 5.11 Å². The van der Waals surface area contributed by atoms with Crippen molar-refractivity contribution in [2.24, 2.45) is 11.8 Å². The van der Waals surface area contributed by atoms with Crippen LogP contribution < -0.4 is 0 Å². The maximum absolute atomic E-state index is 11.7. The zero-order valence-corrected chi connectivity index (χ0v) is 9.52. The molecule has 1 aliphatic rings. The molecule has 1 aliphatic carbocycles. The lowest BCUT2D eigenvalue weighted by atomic mass is 9.73. The molecular weight excluding hydrogens is 212 g/mol. The van der Waals surface area contributed by atoms with E-state index in [0.29, 0.717) is 0 Å². The van der Waals surface area contributed by atoms with Gasteiger partial charge in [-0.25, -0.2) is 0 Å². The van der Waals surface area contributed by atoms with Crippen LogP contribution in [0.25, 0.3) is 0 Å². The molecule has 0 aromatic rings. The third kappa shape index (κ3) is 1.25. The van der Waals surface area contributed by atoms with Gasteiger partial charge in [-0.3, -0.25) is 9.59 Å². The van der Waals surface area contributed by atoms with Gasteiger partial charge >= 0.3 is 5.97 Å². The third-order valence-corrected chi connectivity index (χ3v) is 3.43. The molecule has 0 bridgehead atoms. The molecular formula is C11H16O5. The fraction of sp³-hybridized carbons (Fsp3) is 0.636. The van der Waals surface area contributed by atoms with Gasteiger partial charge in [-0.05, 0) is 12.8 Å². The molecule has 5 nitrogen and oxygen atoms in total. The molecule has 0 spiro atoms. The average molecular weight is 228 g/mol. The molecule has 0 aliphatic heterocycles. The van der Waals surface area contributed by atoms with E-state index < -0.39 is 34.8 Å². The summed E-state index contributed by atoms with van der Waals surface area (Å²) in [7, 11) is 0. The Morgan fingerprint density at radius 2 is 1.88 bits per heavy atom. The predicted octanol–water partition coefficient (Wildman–Crippen LogP) is -0.0358. The molecule has 0 aromatic heterocycles. The molecule has 5 heteroatoms. The van der Waals surface area contributed by atoms with Gasteiger partial charge in [0.15, 0.2) is 11.4 Å². The molecule has 90 valence electrons. The molecule has 1 fully saturated rings. The van der Waals surface area contributed by atoms with Crippen LogP contribution >= 0.6 is 0 Å². The normalized spacial score (nSPS) is 39.5. The van der Waals surface area contributed by atoms with Gasteiger partial charge < -0.3 is 15.3 Å². The highest BCUT2D eigenvalue weighted by atomic mass is 16.4. The van der Waals surface area contributed by atoms with Gasteiger partial charge in [0, 0.05) is 5.57 Å². The first-order valence-electron chi connectivity index (χ1n) is 4.99. The minimum Gasteiger partial charge on any atom is -0.481 e. The Labute approximate surface area is 93.4 Å². The van der Waals surface area contributed by atoms with E-state index in [1.807, 2.05) is 0 Å². The number of rotatable bonds is 2. The first-order valence-corrected chi connectivity index (χ1v) is 4.99. The molecule has 0 heterocycles. The molecule has 3 N–H and O–H groups in total. The lowest BCUT2D eigenvalue weighted by Crippen LogP contribution is -2.59. The fourth-order valence-electron chi connectivity index (χ4n) is 2.41. The van der Waals surface area contributed by atoms with Crippen LogP contribution in [0.15, 0.2) is 12.2 Å². The summed E-state index contributed by atoms with van der Waals surface area (Å²) in [6.45, 7) is 7.59. The summed E-state index contributed by atoms with van der Waals surface area (Å²) in [6, 6.07) is 0. The minimum absolute atomic E-state index is 0.256. The van der Waals surface area contributed by atoms with E-state index in [-0.39, 0.29) is 5.57 Å². The number of hydrogen-bond donors (Lipinski definition) is 3. The zero-order chi connectivity index (χ0) is 12.9. The Kier molecular flexibility index (Phi) is 2.73. The summed E-state index contributed by atoms with van der Waals surface area (Å²) >= 11 is 0. The minimum atomic E-state index is -2.11. The quantitative estimate of drug-likeness (QED) is 0.577. The smallest absolute Gasteiger partial charge is 0.314 e. The van der Waals surface area contributed by atoms with Crippen LogP contribution in [0.5, 0.6) is 0 Å². The lowest BCUT2D eigenvalue weighted by Gasteiger charge is -2.39. The Morgan fingerprint density at radius 3 is 2.12 bits per heavy atom. The number of carboxylic acids is 1. The van der Waals surface area contributed by atoms with E-state index in [2.05, 4.69) is 6.58 Å². The van der Waals surface area contributed by atoms with E-state index in [0.717, 1.165) is 6.92 Å². The van der Waals surface area contributed by atoms with Crippen LogP contribution in [0.3, 0.4) is 0 Å². The highest BCUT2D eigenvalue weighted by molar-refractivity contribution is 6.10. The van der Waals surface area contributed by atoms with Gasteiger partial charge in [0.2, 0.25) is 0 Å². The Bertz CT molecular complexity index is 369. The summed E-state index contributed by atoms with van der Waals surface area (Å²) < 4.78 is 0. The second-order valence-electron chi connectivity index (χ2n) is 4.68. The summed E-state index contributed by atoms with van der Waals surface area (Å²) in [5, 5.41) is 29.4. The van der Waals surface area contributed by atoms with Crippen molar-refractivity contribution < 1.29 is 24.9 Å². The summed E-state index contributed by atoms with van der Waals surface area (Å²) in [5.41, 5.74) is -4.39. The van der Waals surface area contributed by atoms with Crippen molar-refractivity contribution in [3.63, 3.8) is 0 Å². The monoisotopic (exact) mass is 228 g/mol. The van der Waals surface area contributed by atoms with Crippen molar-refractivity contribution in [1.29, 1.82) is 0 Å². The largest absolute Gasteiger partial charge is 0.481 e. The standard InChI is InChI=1S/C11H16O5/c1-5(2)11(16)7(9(13)14)6(3)8(12)10(11,4)15/h5,7,15-16H,3H2,1-2,4H3,(H,13,14). The molecule has 0 aromatic carbocycles. The van der Waals surface area contributed by atoms with Crippen LogP contribution in [0.2, 0.25) is 0 Å². The van der Waals surface area contributed by atoms with Crippen molar-refractivity contribution in [3.05, 3.63) is 12.2 Å². The number of carbonyl (C=O) groups is 2. The van der Waals surface area contributed by atoms with Gasteiger partial charge in [-0.2, -0.15) is 0 Å². The van der Waals surface area contributed by atoms with Crippen LogP contribution in [0, 0.1) is 11.8 Å². The zero-order valence-electron chi connectivity index (χ0n) is 9.52. The van der Waals surface area contributed by atoms with Gasteiger partial charge in [-0.15, -0.1) is 0 Å². The Morgan fingerprint density at radius 1 is 1.44 bits per heavy atom. The van der Waals surface area contributed by atoms with E-state index in [1.54, 1.807) is 13.8 Å². The number of carbonyl (C=O) groups excluding carboxylic acids is 1. The SMILES string of the molecule is C=C1C(=O)C(C)(O)C(O)(C(C)C)C1C(=O)O. The third-order valence-electron chi connectivity index (χ3n) is 3.43. The van der Waals surface area contributed by atoms with Crippen molar-refractivity contribution in [2.75, 3.05) is 0 Å². The average Bonchev–Trinajstić information content (AvgIpc) is 2.26. The number of aliphatic hydroxyl groups is 2. The van der Waals surface area contributed by atoms with Crippen LogP contribution in [0.1, 0.15) is 20.8 Å². The highest BCUT2D eigenvalue weighted by Gasteiger charge is 2.67. The van der Waals surface area contributed by atoms with E-state index in [1.165, 1.54) is 0 Å². The van der Waals surface area contributed by atoms with Gasteiger partial charge in [-0.1, -0.05) is 20.4 Å². The molecule has 1 saturated carbocycles. The van der Waals surface area contributed by atoms with Crippen molar-refractivity contribution in [1.82, 2.24) is 0 Å². The van der Waals surface area contributed by atoms with Gasteiger partial charge in [0.05, 0.1) is 0 Å². The summed E-state index contributed by atoms with van der Waals surface area (Å²) in [4.78, 5) is 22.8.